The monoisotopic (exact) mass is 307 g/mol. The number of rotatable bonds is 6. The van der Waals surface area contributed by atoms with Crippen LogP contribution in [-0.2, 0) is 9.59 Å². The van der Waals surface area contributed by atoms with Crippen molar-refractivity contribution in [1.29, 1.82) is 0 Å². The van der Waals surface area contributed by atoms with Crippen LogP contribution in [0.5, 0.6) is 0 Å². The van der Waals surface area contributed by atoms with Crippen LogP contribution in [0.1, 0.15) is 37.3 Å². The number of nitrogens with zero attached hydrogens (tertiary/aromatic N) is 2. The molecule has 5 nitrogen and oxygen atoms in total. The number of amides is 2. The normalized spacial score (nSPS) is 18.5. The summed E-state index contributed by atoms with van der Waals surface area (Å²) >= 11 is 1.47. The molecule has 21 heavy (non-hydrogen) atoms. The van der Waals surface area contributed by atoms with Crippen molar-refractivity contribution in [1.82, 2.24) is 9.88 Å². The number of piperidine rings is 1. The van der Waals surface area contributed by atoms with Crippen molar-refractivity contribution in [2.75, 3.05) is 18.1 Å². The first-order valence-electron chi connectivity index (χ1n) is 7.24. The van der Waals surface area contributed by atoms with Gasteiger partial charge in [-0.1, -0.05) is 6.07 Å². The second kappa shape index (κ2) is 8.02. The van der Waals surface area contributed by atoms with E-state index in [0.29, 0.717) is 17.9 Å². The third kappa shape index (κ3) is 4.74. The number of primary amides is 1. The van der Waals surface area contributed by atoms with E-state index in [1.165, 1.54) is 11.8 Å². The molecule has 1 unspecified atom stereocenters. The van der Waals surface area contributed by atoms with E-state index in [1.54, 1.807) is 6.20 Å². The van der Waals surface area contributed by atoms with Gasteiger partial charge in [-0.15, -0.1) is 0 Å². The van der Waals surface area contributed by atoms with Crippen LogP contribution in [0.2, 0.25) is 0 Å². The lowest BCUT2D eigenvalue weighted by Crippen LogP contribution is -2.39. The topological polar surface area (TPSA) is 76.3 Å². The van der Waals surface area contributed by atoms with Crippen LogP contribution < -0.4 is 5.73 Å². The molecule has 6 heteroatoms. The van der Waals surface area contributed by atoms with E-state index in [4.69, 9.17) is 5.73 Å². The Morgan fingerprint density at radius 1 is 1.43 bits per heavy atom. The van der Waals surface area contributed by atoms with Crippen LogP contribution in [0, 0.1) is 0 Å². The third-order valence-corrected chi connectivity index (χ3v) is 4.55. The second-order valence-electron chi connectivity index (χ2n) is 5.15. The van der Waals surface area contributed by atoms with Crippen LogP contribution in [0.15, 0.2) is 24.5 Å². The minimum atomic E-state index is -0.318. The van der Waals surface area contributed by atoms with Gasteiger partial charge in [-0.05, 0) is 30.9 Å². The predicted molar refractivity (Wildman–Crippen MR) is 83.7 cm³/mol. The summed E-state index contributed by atoms with van der Waals surface area (Å²) in [5, 5.41) is 0. The van der Waals surface area contributed by atoms with Gasteiger partial charge < -0.3 is 10.6 Å². The molecule has 2 heterocycles. The molecule has 1 atom stereocenters. The zero-order valence-corrected chi connectivity index (χ0v) is 12.8. The minimum Gasteiger partial charge on any atom is -0.370 e. The van der Waals surface area contributed by atoms with Crippen LogP contribution >= 0.6 is 11.8 Å². The highest BCUT2D eigenvalue weighted by atomic mass is 32.2. The first kappa shape index (κ1) is 15.8. The number of nitrogens with two attached hydrogens (primary N) is 1. The van der Waals surface area contributed by atoms with Gasteiger partial charge in [0.05, 0.1) is 11.8 Å². The van der Waals surface area contributed by atoms with Gasteiger partial charge in [-0.25, -0.2) is 0 Å². The maximum Gasteiger partial charge on any atom is 0.233 e. The number of aromatic nitrogens is 1. The van der Waals surface area contributed by atoms with Crippen LogP contribution in [0.3, 0.4) is 0 Å². The van der Waals surface area contributed by atoms with Gasteiger partial charge in [0.25, 0.3) is 0 Å². The lowest BCUT2D eigenvalue weighted by molar-refractivity contribution is -0.132. The van der Waals surface area contributed by atoms with Gasteiger partial charge >= 0.3 is 0 Å². The van der Waals surface area contributed by atoms with E-state index >= 15 is 0 Å². The summed E-state index contributed by atoms with van der Waals surface area (Å²) in [7, 11) is 0. The molecular weight excluding hydrogens is 286 g/mol. The molecular formula is C15H21N3O2S. The SMILES string of the molecule is NC(=O)CCSCC(=O)N1CCCCC1c1cccnc1. The van der Waals surface area contributed by atoms with E-state index in [0.717, 1.165) is 31.4 Å². The van der Waals surface area contributed by atoms with Gasteiger partial charge in [0.1, 0.15) is 0 Å². The zero-order chi connectivity index (χ0) is 15.1. The molecule has 0 aromatic carbocycles. The first-order valence-corrected chi connectivity index (χ1v) is 8.39. The quantitative estimate of drug-likeness (QED) is 0.812. The number of carbonyl (C=O) groups is 2. The minimum absolute atomic E-state index is 0.136. The number of pyridine rings is 1. The Hall–Kier alpha value is -1.56. The van der Waals surface area contributed by atoms with Crippen molar-refractivity contribution in [2.45, 2.75) is 31.7 Å². The lowest BCUT2D eigenvalue weighted by atomic mass is 9.96. The van der Waals surface area contributed by atoms with E-state index in [-0.39, 0.29) is 17.9 Å². The highest BCUT2D eigenvalue weighted by Gasteiger charge is 2.27. The number of likely N-dealkylation sites (tertiary alicyclic amines) is 1. The molecule has 1 aliphatic heterocycles. The van der Waals surface area contributed by atoms with Crippen molar-refractivity contribution in [3.63, 3.8) is 0 Å². The summed E-state index contributed by atoms with van der Waals surface area (Å²) in [6.07, 6.45) is 7.09. The third-order valence-electron chi connectivity index (χ3n) is 3.61. The highest BCUT2D eigenvalue weighted by molar-refractivity contribution is 7.99. The standard InChI is InChI=1S/C15H21N3O2S/c16-14(19)6-9-21-11-15(20)18-8-2-1-5-13(18)12-4-3-7-17-10-12/h3-4,7,10,13H,1-2,5-6,8-9,11H2,(H2,16,19). The zero-order valence-electron chi connectivity index (χ0n) is 12.0. The molecule has 2 N–H and O–H groups in total. The molecule has 2 amide bonds. The summed E-state index contributed by atoms with van der Waals surface area (Å²) < 4.78 is 0. The summed E-state index contributed by atoms with van der Waals surface area (Å²) in [6, 6.07) is 4.08. The Morgan fingerprint density at radius 3 is 3.00 bits per heavy atom. The van der Waals surface area contributed by atoms with Crippen LogP contribution in [-0.4, -0.2) is 39.7 Å². The second-order valence-corrected chi connectivity index (χ2v) is 6.26. The molecule has 1 saturated heterocycles. The molecule has 1 aromatic rings. The van der Waals surface area contributed by atoms with Gasteiger partial charge in [-0.3, -0.25) is 14.6 Å². The Kier molecular flexibility index (Phi) is 6.04. The maximum absolute atomic E-state index is 12.4. The van der Waals surface area contributed by atoms with E-state index in [2.05, 4.69) is 4.98 Å². The molecule has 0 saturated carbocycles. The van der Waals surface area contributed by atoms with Crippen molar-refractivity contribution in [2.24, 2.45) is 5.73 Å². The number of hydrogen-bond donors (Lipinski definition) is 1. The average Bonchev–Trinajstić information content (AvgIpc) is 2.52. The van der Waals surface area contributed by atoms with Crippen LogP contribution in [0.25, 0.3) is 0 Å². The fourth-order valence-corrected chi connectivity index (χ4v) is 3.40. The predicted octanol–water partition coefficient (Wildman–Crippen LogP) is 1.74. The van der Waals surface area contributed by atoms with Crippen molar-refractivity contribution >= 4 is 23.6 Å². The summed E-state index contributed by atoms with van der Waals surface area (Å²) in [4.78, 5) is 29.2. The molecule has 0 aliphatic carbocycles. The fourth-order valence-electron chi connectivity index (χ4n) is 2.56. The largest absolute Gasteiger partial charge is 0.370 e. The van der Waals surface area contributed by atoms with Crippen molar-refractivity contribution < 1.29 is 9.59 Å². The van der Waals surface area contributed by atoms with Crippen molar-refractivity contribution in [3.8, 4) is 0 Å². The van der Waals surface area contributed by atoms with Gasteiger partial charge in [0.15, 0.2) is 0 Å². The Morgan fingerprint density at radius 2 is 2.29 bits per heavy atom. The number of carbonyl (C=O) groups excluding carboxylic acids is 2. The molecule has 1 aliphatic rings. The Balaban J connectivity index is 1.92. The smallest absolute Gasteiger partial charge is 0.233 e. The molecule has 114 valence electrons. The maximum atomic E-state index is 12.4. The van der Waals surface area contributed by atoms with E-state index in [9.17, 15) is 9.59 Å². The lowest BCUT2D eigenvalue weighted by Gasteiger charge is -2.36. The van der Waals surface area contributed by atoms with Crippen molar-refractivity contribution in [3.05, 3.63) is 30.1 Å². The van der Waals surface area contributed by atoms with Crippen LogP contribution in [0.4, 0.5) is 0 Å². The van der Waals surface area contributed by atoms with Gasteiger partial charge in [0, 0.05) is 31.1 Å². The molecule has 0 spiro atoms. The van der Waals surface area contributed by atoms with E-state index < -0.39 is 0 Å². The Bertz CT molecular complexity index is 481. The number of thioether (sulfide) groups is 1. The molecule has 1 aromatic heterocycles. The number of hydrogen-bond acceptors (Lipinski definition) is 4. The highest BCUT2D eigenvalue weighted by Crippen LogP contribution is 2.30. The molecule has 2 rings (SSSR count). The summed E-state index contributed by atoms with van der Waals surface area (Å²) in [5.74, 6) is 0.829. The molecule has 0 bridgehead atoms. The average molecular weight is 307 g/mol. The summed E-state index contributed by atoms with van der Waals surface area (Å²) in [5.41, 5.74) is 6.20. The van der Waals surface area contributed by atoms with Gasteiger partial charge in [-0.2, -0.15) is 11.8 Å². The van der Waals surface area contributed by atoms with E-state index in [1.807, 2.05) is 23.2 Å². The fraction of sp³-hybridized carbons (Fsp3) is 0.533. The Labute approximate surface area is 129 Å². The molecule has 0 radical (unpaired) electrons. The molecule has 1 fully saturated rings. The van der Waals surface area contributed by atoms with Gasteiger partial charge in [0.2, 0.25) is 11.8 Å². The summed E-state index contributed by atoms with van der Waals surface area (Å²) in [6.45, 7) is 0.800. The first-order chi connectivity index (χ1) is 10.2.